The summed E-state index contributed by atoms with van der Waals surface area (Å²) < 4.78 is 18.2. The highest BCUT2D eigenvalue weighted by Gasteiger charge is 2.07. The van der Waals surface area contributed by atoms with Crippen LogP contribution in [0.15, 0.2) is 18.2 Å². The molecule has 0 heterocycles. The first-order valence-corrected chi connectivity index (χ1v) is 6.63. The third kappa shape index (κ3) is 4.02. The summed E-state index contributed by atoms with van der Waals surface area (Å²) in [4.78, 5) is 0. The predicted molar refractivity (Wildman–Crippen MR) is 67.6 cm³/mol. The van der Waals surface area contributed by atoms with Crippen molar-refractivity contribution in [3.63, 3.8) is 0 Å². The molecule has 1 aromatic rings. The van der Waals surface area contributed by atoms with Gasteiger partial charge < -0.3 is 10.5 Å². The van der Waals surface area contributed by atoms with E-state index in [4.69, 9.17) is 10.5 Å². The van der Waals surface area contributed by atoms with Crippen LogP contribution in [0.1, 0.15) is 12.0 Å². The monoisotopic (exact) mass is 243 g/mol. The molecule has 0 aromatic heterocycles. The number of methoxy groups -OCH3 is 1. The number of hydrogen-bond donors (Lipinski definition) is 1. The van der Waals surface area contributed by atoms with E-state index in [1.54, 1.807) is 17.8 Å². The maximum atomic E-state index is 13.4. The summed E-state index contributed by atoms with van der Waals surface area (Å²) in [5, 5.41) is 0. The van der Waals surface area contributed by atoms with Crippen molar-refractivity contribution in [2.24, 2.45) is 5.73 Å². The molecule has 16 heavy (non-hydrogen) atoms. The highest BCUT2D eigenvalue weighted by molar-refractivity contribution is 7.98. The van der Waals surface area contributed by atoms with Crippen LogP contribution in [-0.4, -0.2) is 25.2 Å². The Bertz CT molecular complexity index is 333. The molecule has 1 atom stereocenters. The molecule has 0 aliphatic carbocycles. The summed E-state index contributed by atoms with van der Waals surface area (Å²) in [5.74, 6) is 0.998. The SMILES string of the molecule is COc1ccc(CC(N)CCSC)cc1F. The molecule has 0 aliphatic rings. The average molecular weight is 243 g/mol. The van der Waals surface area contributed by atoms with Gasteiger partial charge >= 0.3 is 0 Å². The highest BCUT2D eigenvalue weighted by atomic mass is 32.2. The quantitative estimate of drug-likeness (QED) is 0.833. The van der Waals surface area contributed by atoms with Gasteiger partial charge in [-0.05, 0) is 42.5 Å². The van der Waals surface area contributed by atoms with Crippen molar-refractivity contribution in [3.05, 3.63) is 29.6 Å². The Morgan fingerprint density at radius 3 is 2.81 bits per heavy atom. The second-order valence-electron chi connectivity index (χ2n) is 3.71. The molecule has 0 saturated heterocycles. The molecule has 0 radical (unpaired) electrons. The minimum atomic E-state index is -0.322. The molecule has 1 aromatic carbocycles. The number of thioether (sulfide) groups is 1. The predicted octanol–water partition coefficient (Wildman–Crippen LogP) is 2.46. The first-order valence-electron chi connectivity index (χ1n) is 5.24. The molecule has 90 valence electrons. The molecule has 1 rings (SSSR count). The van der Waals surface area contributed by atoms with Crippen LogP contribution >= 0.6 is 11.8 Å². The molecule has 0 saturated carbocycles. The van der Waals surface area contributed by atoms with Crippen LogP contribution in [-0.2, 0) is 6.42 Å². The minimum Gasteiger partial charge on any atom is -0.494 e. The summed E-state index contributed by atoms with van der Waals surface area (Å²) in [6, 6.07) is 5.10. The zero-order valence-corrected chi connectivity index (χ0v) is 10.5. The fourth-order valence-electron chi connectivity index (χ4n) is 1.51. The fraction of sp³-hybridized carbons (Fsp3) is 0.500. The van der Waals surface area contributed by atoms with Crippen LogP contribution in [0, 0.1) is 5.82 Å². The Kier molecular flexibility index (Phi) is 5.63. The number of halogens is 1. The van der Waals surface area contributed by atoms with Crippen LogP contribution in [0.25, 0.3) is 0 Å². The fourth-order valence-corrected chi connectivity index (χ4v) is 2.05. The van der Waals surface area contributed by atoms with E-state index in [-0.39, 0.29) is 17.6 Å². The van der Waals surface area contributed by atoms with E-state index in [1.807, 2.05) is 6.07 Å². The summed E-state index contributed by atoms with van der Waals surface area (Å²) in [6.07, 6.45) is 3.72. The van der Waals surface area contributed by atoms with Gasteiger partial charge in [0.15, 0.2) is 11.6 Å². The lowest BCUT2D eigenvalue weighted by atomic mass is 10.0. The van der Waals surface area contributed by atoms with Crippen molar-refractivity contribution >= 4 is 11.8 Å². The molecule has 2 N–H and O–H groups in total. The van der Waals surface area contributed by atoms with Crippen LogP contribution in [0.3, 0.4) is 0 Å². The lowest BCUT2D eigenvalue weighted by molar-refractivity contribution is 0.386. The van der Waals surface area contributed by atoms with Crippen molar-refractivity contribution in [3.8, 4) is 5.75 Å². The Labute approximate surface area is 100 Å². The maximum absolute atomic E-state index is 13.4. The van der Waals surface area contributed by atoms with Gasteiger partial charge in [-0.3, -0.25) is 0 Å². The lowest BCUT2D eigenvalue weighted by Crippen LogP contribution is -2.23. The standard InChI is InChI=1S/C12H18FNOS/c1-15-12-4-3-9(8-11(12)13)7-10(14)5-6-16-2/h3-4,8,10H,5-7,14H2,1-2H3. The zero-order chi connectivity index (χ0) is 12.0. The molecule has 2 nitrogen and oxygen atoms in total. The number of benzene rings is 1. The van der Waals surface area contributed by atoms with Crippen molar-refractivity contribution in [2.75, 3.05) is 19.1 Å². The van der Waals surface area contributed by atoms with Gasteiger partial charge in [-0.1, -0.05) is 6.07 Å². The van der Waals surface area contributed by atoms with E-state index in [2.05, 4.69) is 6.26 Å². The summed E-state index contributed by atoms with van der Waals surface area (Å²) in [5.41, 5.74) is 6.87. The van der Waals surface area contributed by atoms with E-state index >= 15 is 0 Å². The first kappa shape index (κ1) is 13.3. The largest absolute Gasteiger partial charge is 0.494 e. The Hall–Kier alpha value is -0.740. The van der Waals surface area contributed by atoms with E-state index in [0.29, 0.717) is 6.42 Å². The molecule has 0 amide bonds. The van der Waals surface area contributed by atoms with Gasteiger partial charge in [0.25, 0.3) is 0 Å². The second kappa shape index (κ2) is 6.76. The lowest BCUT2D eigenvalue weighted by Gasteiger charge is -2.11. The minimum absolute atomic E-state index is 0.0974. The third-order valence-electron chi connectivity index (χ3n) is 2.41. The summed E-state index contributed by atoms with van der Waals surface area (Å²) in [6.45, 7) is 0. The number of nitrogens with two attached hydrogens (primary N) is 1. The van der Waals surface area contributed by atoms with Crippen molar-refractivity contribution in [1.82, 2.24) is 0 Å². The first-order chi connectivity index (χ1) is 7.67. The molecule has 0 spiro atoms. The molecule has 0 aliphatic heterocycles. The molecular formula is C12H18FNOS. The molecule has 4 heteroatoms. The van der Waals surface area contributed by atoms with Gasteiger partial charge in [-0.25, -0.2) is 4.39 Å². The van der Waals surface area contributed by atoms with Gasteiger partial charge in [0, 0.05) is 6.04 Å². The van der Waals surface area contributed by atoms with Crippen molar-refractivity contribution < 1.29 is 9.13 Å². The van der Waals surface area contributed by atoms with E-state index in [1.165, 1.54) is 13.2 Å². The number of hydrogen-bond acceptors (Lipinski definition) is 3. The Morgan fingerprint density at radius 1 is 1.50 bits per heavy atom. The normalized spacial score (nSPS) is 12.5. The van der Waals surface area contributed by atoms with Crippen molar-refractivity contribution in [2.45, 2.75) is 18.9 Å². The Morgan fingerprint density at radius 2 is 2.25 bits per heavy atom. The van der Waals surface area contributed by atoms with Gasteiger partial charge in [0.05, 0.1) is 7.11 Å². The zero-order valence-electron chi connectivity index (χ0n) is 9.70. The Balaban J connectivity index is 2.57. The summed E-state index contributed by atoms with van der Waals surface area (Å²) >= 11 is 1.78. The van der Waals surface area contributed by atoms with Gasteiger partial charge in [0.1, 0.15) is 0 Å². The van der Waals surface area contributed by atoms with E-state index in [9.17, 15) is 4.39 Å². The van der Waals surface area contributed by atoms with Gasteiger partial charge in [0.2, 0.25) is 0 Å². The van der Waals surface area contributed by atoms with Gasteiger partial charge in [-0.15, -0.1) is 0 Å². The second-order valence-corrected chi connectivity index (χ2v) is 4.70. The van der Waals surface area contributed by atoms with Crippen molar-refractivity contribution in [1.29, 1.82) is 0 Å². The molecule has 1 unspecified atom stereocenters. The number of rotatable bonds is 6. The topological polar surface area (TPSA) is 35.2 Å². The number of ether oxygens (including phenoxy) is 1. The molecule has 0 fully saturated rings. The van der Waals surface area contributed by atoms with E-state index < -0.39 is 0 Å². The van der Waals surface area contributed by atoms with Crippen LogP contribution < -0.4 is 10.5 Å². The van der Waals surface area contributed by atoms with Crippen LogP contribution in [0.5, 0.6) is 5.75 Å². The summed E-state index contributed by atoms with van der Waals surface area (Å²) in [7, 11) is 1.46. The molecular weight excluding hydrogens is 225 g/mol. The highest BCUT2D eigenvalue weighted by Crippen LogP contribution is 2.18. The molecule has 0 bridgehead atoms. The third-order valence-corrected chi connectivity index (χ3v) is 3.05. The van der Waals surface area contributed by atoms with Crippen LogP contribution in [0.4, 0.5) is 4.39 Å². The maximum Gasteiger partial charge on any atom is 0.165 e. The van der Waals surface area contributed by atoms with Crippen LogP contribution in [0.2, 0.25) is 0 Å². The van der Waals surface area contributed by atoms with E-state index in [0.717, 1.165) is 17.7 Å². The average Bonchev–Trinajstić information content (AvgIpc) is 2.26. The van der Waals surface area contributed by atoms with Gasteiger partial charge in [-0.2, -0.15) is 11.8 Å². The smallest absolute Gasteiger partial charge is 0.165 e.